The summed E-state index contributed by atoms with van der Waals surface area (Å²) >= 11 is 0. The highest BCUT2D eigenvalue weighted by atomic mass is 19.1. The van der Waals surface area contributed by atoms with Crippen LogP contribution in [-0.4, -0.2) is 9.97 Å². The summed E-state index contributed by atoms with van der Waals surface area (Å²) in [6, 6.07) is 4.75. The van der Waals surface area contributed by atoms with Crippen molar-refractivity contribution in [2.45, 2.75) is 19.4 Å². The van der Waals surface area contributed by atoms with Gasteiger partial charge < -0.3 is 5.32 Å². The number of hydrogen-bond acceptors (Lipinski definition) is 3. The van der Waals surface area contributed by atoms with Crippen LogP contribution in [0.15, 0.2) is 36.7 Å². The fraction of sp³-hybridized carbons (Fsp3) is 0.231. The first-order valence-electron chi connectivity index (χ1n) is 5.69. The molecule has 1 aromatic heterocycles. The standard InChI is InChI=1S/C13H13F2N3/c1-2-12(18-13-16-6-3-7-17-13)10-8-9(14)4-5-11(10)15/h3-8,12H,2H2,1H3,(H,16,17,18). The maximum absolute atomic E-state index is 13.7. The van der Waals surface area contributed by atoms with Gasteiger partial charge in [-0.25, -0.2) is 18.7 Å². The molecular weight excluding hydrogens is 236 g/mol. The van der Waals surface area contributed by atoms with E-state index in [1.165, 1.54) is 6.07 Å². The lowest BCUT2D eigenvalue weighted by atomic mass is 10.0. The molecule has 0 spiro atoms. The first kappa shape index (κ1) is 12.4. The SMILES string of the molecule is CCC(Nc1ncccn1)c1cc(F)ccc1F. The molecule has 18 heavy (non-hydrogen) atoms. The topological polar surface area (TPSA) is 37.8 Å². The molecule has 0 bridgehead atoms. The Kier molecular flexibility index (Phi) is 3.82. The quantitative estimate of drug-likeness (QED) is 0.903. The van der Waals surface area contributed by atoms with Crippen molar-refractivity contribution in [3.8, 4) is 0 Å². The van der Waals surface area contributed by atoms with Crippen molar-refractivity contribution in [2.75, 3.05) is 5.32 Å². The Morgan fingerprint density at radius 2 is 1.94 bits per heavy atom. The molecule has 1 heterocycles. The van der Waals surface area contributed by atoms with Crippen LogP contribution in [0.5, 0.6) is 0 Å². The van der Waals surface area contributed by atoms with Crippen LogP contribution in [0.1, 0.15) is 24.9 Å². The van der Waals surface area contributed by atoms with Gasteiger partial charge in [-0.3, -0.25) is 0 Å². The van der Waals surface area contributed by atoms with Crippen molar-refractivity contribution in [2.24, 2.45) is 0 Å². The van der Waals surface area contributed by atoms with Gasteiger partial charge in [-0.05, 0) is 30.7 Å². The zero-order valence-corrected chi connectivity index (χ0v) is 9.90. The van der Waals surface area contributed by atoms with Crippen LogP contribution >= 0.6 is 0 Å². The van der Waals surface area contributed by atoms with Crippen molar-refractivity contribution in [3.05, 3.63) is 53.9 Å². The average Bonchev–Trinajstić information content (AvgIpc) is 2.40. The summed E-state index contributed by atoms with van der Waals surface area (Å²) in [7, 11) is 0. The maximum atomic E-state index is 13.7. The Labute approximate surface area is 104 Å². The molecule has 2 rings (SSSR count). The van der Waals surface area contributed by atoms with E-state index in [9.17, 15) is 8.78 Å². The molecule has 0 fully saturated rings. The molecule has 94 valence electrons. The molecule has 1 unspecified atom stereocenters. The Morgan fingerprint density at radius 3 is 2.61 bits per heavy atom. The van der Waals surface area contributed by atoms with Crippen LogP contribution in [-0.2, 0) is 0 Å². The van der Waals surface area contributed by atoms with Gasteiger partial charge in [0.2, 0.25) is 5.95 Å². The minimum absolute atomic E-state index is 0.282. The second-order valence-electron chi connectivity index (χ2n) is 3.84. The Hall–Kier alpha value is -2.04. The summed E-state index contributed by atoms with van der Waals surface area (Å²) in [6.45, 7) is 1.88. The van der Waals surface area contributed by atoms with Crippen LogP contribution in [0.4, 0.5) is 14.7 Å². The summed E-state index contributed by atoms with van der Waals surface area (Å²) in [5, 5.41) is 2.98. The lowest BCUT2D eigenvalue weighted by Crippen LogP contribution is -2.13. The third kappa shape index (κ3) is 2.80. The highest BCUT2D eigenvalue weighted by Crippen LogP contribution is 2.23. The average molecular weight is 249 g/mol. The molecule has 0 aliphatic rings. The number of rotatable bonds is 4. The fourth-order valence-corrected chi connectivity index (χ4v) is 1.71. The number of aromatic nitrogens is 2. The zero-order chi connectivity index (χ0) is 13.0. The van der Waals surface area contributed by atoms with Crippen molar-refractivity contribution < 1.29 is 8.78 Å². The van der Waals surface area contributed by atoms with E-state index in [2.05, 4.69) is 15.3 Å². The van der Waals surface area contributed by atoms with Gasteiger partial charge in [-0.15, -0.1) is 0 Å². The summed E-state index contributed by atoms with van der Waals surface area (Å²) in [4.78, 5) is 8.01. The molecule has 0 saturated carbocycles. The van der Waals surface area contributed by atoms with Crippen molar-refractivity contribution in [1.82, 2.24) is 9.97 Å². The highest BCUT2D eigenvalue weighted by Gasteiger charge is 2.15. The van der Waals surface area contributed by atoms with Crippen LogP contribution < -0.4 is 5.32 Å². The van der Waals surface area contributed by atoms with Gasteiger partial charge in [0.1, 0.15) is 11.6 Å². The molecule has 1 aromatic carbocycles. The molecule has 0 aliphatic heterocycles. The lowest BCUT2D eigenvalue weighted by molar-refractivity contribution is 0.566. The molecule has 2 aromatic rings. The van der Waals surface area contributed by atoms with Crippen LogP contribution in [0.3, 0.4) is 0 Å². The van der Waals surface area contributed by atoms with E-state index in [0.29, 0.717) is 12.4 Å². The number of halogens is 2. The van der Waals surface area contributed by atoms with Gasteiger partial charge in [-0.1, -0.05) is 6.92 Å². The minimum atomic E-state index is -0.458. The Balaban J connectivity index is 2.26. The van der Waals surface area contributed by atoms with Crippen LogP contribution in [0, 0.1) is 11.6 Å². The molecule has 0 amide bonds. The van der Waals surface area contributed by atoms with Gasteiger partial charge >= 0.3 is 0 Å². The van der Waals surface area contributed by atoms with Gasteiger partial charge in [0.15, 0.2) is 0 Å². The molecule has 1 atom stereocenters. The normalized spacial score (nSPS) is 12.2. The van der Waals surface area contributed by atoms with Gasteiger partial charge in [0, 0.05) is 18.0 Å². The summed E-state index contributed by atoms with van der Waals surface area (Å²) in [5.41, 5.74) is 0.282. The maximum Gasteiger partial charge on any atom is 0.223 e. The Bertz CT molecular complexity index is 517. The highest BCUT2D eigenvalue weighted by molar-refractivity contribution is 5.32. The van der Waals surface area contributed by atoms with Crippen molar-refractivity contribution in [3.63, 3.8) is 0 Å². The second kappa shape index (κ2) is 5.53. The van der Waals surface area contributed by atoms with E-state index in [-0.39, 0.29) is 11.6 Å². The predicted molar refractivity (Wildman–Crippen MR) is 65.0 cm³/mol. The number of benzene rings is 1. The number of anilines is 1. The molecule has 0 saturated heterocycles. The van der Waals surface area contributed by atoms with Crippen LogP contribution in [0.25, 0.3) is 0 Å². The third-order valence-corrected chi connectivity index (χ3v) is 2.61. The number of nitrogens with one attached hydrogen (secondary N) is 1. The molecule has 1 N–H and O–H groups in total. The number of nitrogens with zero attached hydrogens (tertiary/aromatic N) is 2. The van der Waals surface area contributed by atoms with Gasteiger partial charge in [0.05, 0.1) is 6.04 Å². The smallest absolute Gasteiger partial charge is 0.223 e. The third-order valence-electron chi connectivity index (χ3n) is 2.61. The zero-order valence-electron chi connectivity index (χ0n) is 9.90. The Morgan fingerprint density at radius 1 is 1.22 bits per heavy atom. The molecule has 0 radical (unpaired) electrons. The van der Waals surface area contributed by atoms with Crippen LogP contribution in [0.2, 0.25) is 0 Å². The largest absolute Gasteiger partial charge is 0.347 e. The summed E-state index contributed by atoms with van der Waals surface area (Å²) < 4.78 is 26.8. The first-order chi connectivity index (χ1) is 8.70. The lowest BCUT2D eigenvalue weighted by Gasteiger charge is -2.17. The summed E-state index contributed by atoms with van der Waals surface area (Å²) in [5.74, 6) is -0.500. The molecule has 0 aliphatic carbocycles. The second-order valence-corrected chi connectivity index (χ2v) is 3.84. The first-order valence-corrected chi connectivity index (χ1v) is 5.69. The van der Waals surface area contributed by atoms with E-state index < -0.39 is 11.6 Å². The monoisotopic (exact) mass is 249 g/mol. The fourth-order valence-electron chi connectivity index (χ4n) is 1.71. The van der Waals surface area contributed by atoms with Crippen molar-refractivity contribution in [1.29, 1.82) is 0 Å². The van der Waals surface area contributed by atoms with E-state index in [4.69, 9.17) is 0 Å². The molecule has 5 heteroatoms. The van der Waals surface area contributed by atoms with E-state index in [1.807, 2.05) is 6.92 Å². The van der Waals surface area contributed by atoms with E-state index in [0.717, 1.165) is 12.1 Å². The molecule has 3 nitrogen and oxygen atoms in total. The van der Waals surface area contributed by atoms with Gasteiger partial charge in [-0.2, -0.15) is 0 Å². The summed E-state index contributed by atoms with van der Waals surface area (Å²) in [6.07, 6.45) is 3.77. The van der Waals surface area contributed by atoms with E-state index in [1.54, 1.807) is 18.5 Å². The predicted octanol–water partition coefficient (Wildman–Crippen LogP) is 3.32. The minimum Gasteiger partial charge on any atom is -0.347 e. The van der Waals surface area contributed by atoms with Crippen molar-refractivity contribution >= 4 is 5.95 Å². The molecular formula is C13H13F2N3. The number of hydrogen-bond donors (Lipinski definition) is 1. The van der Waals surface area contributed by atoms with Gasteiger partial charge in [0.25, 0.3) is 0 Å². The van der Waals surface area contributed by atoms with E-state index >= 15 is 0 Å².